The Hall–Kier alpha value is -1.58. The lowest BCUT2D eigenvalue weighted by molar-refractivity contribution is 0.631. The maximum atomic E-state index is 13.8. The molecule has 0 spiro atoms. The summed E-state index contributed by atoms with van der Waals surface area (Å²) in [7, 11) is 0. The Morgan fingerprint density at radius 2 is 2.00 bits per heavy atom. The molecular weight excluding hydrogens is 274 g/mol. The summed E-state index contributed by atoms with van der Waals surface area (Å²) in [6.45, 7) is 0. The van der Waals surface area contributed by atoms with Crippen LogP contribution >= 0.6 is 23.2 Å². The summed E-state index contributed by atoms with van der Waals surface area (Å²) < 4.78 is 13.8. The van der Waals surface area contributed by atoms with Crippen molar-refractivity contribution in [2.45, 2.75) is 0 Å². The smallest absolute Gasteiger partial charge is 0.134 e. The van der Waals surface area contributed by atoms with Crippen LogP contribution in [-0.4, -0.2) is 9.97 Å². The first kappa shape index (κ1) is 11.5. The van der Waals surface area contributed by atoms with Gasteiger partial charge in [-0.25, -0.2) is 9.37 Å². The molecule has 2 nitrogen and oxygen atoms in total. The SMILES string of the molecule is Fc1cccc(Cl)c1-c1cc2cc(Cl)ncc2[nH]1. The van der Waals surface area contributed by atoms with Crippen LogP contribution in [0, 0.1) is 5.82 Å². The molecule has 0 atom stereocenters. The summed E-state index contributed by atoms with van der Waals surface area (Å²) >= 11 is 11.8. The molecule has 0 saturated heterocycles. The van der Waals surface area contributed by atoms with E-state index in [-0.39, 0.29) is 5.82 Å². The molecule has 1 aromatic carbocycles. The van der Waals surface area contributed by atoms with E-state index in [1.165, 1.54) is 6.07 Å². The molecule has 1 N–H and O–H groups in total. The lowest BCUT2D eigenvalue weighted by atomic mass is 10.1. The maximum absolute atomic E-state index is 13.8. The van der Waals surface area contributed by atoms with Crippen LogP contribution in [0.5, 0.6) is 0 Å². The number of benzene rings is 1. The number of rotatable bonds is 1. The summed E-state index contributed by atoms with van der Waals surface area (Å²) in [5.74, 6) is -0.367. The van der Waals surface area contributed by atoms with Crippen LogP contribution in [0.3, 0.4) is 0 Å². The average Bonchev–Trinajstić information content (AvgIpc) is 2.71. The van der Waals surface area contributed by atoms with Crippen LogP contribution in [0.4, 0.5) is 4.39 Å². The van der Waals surface area contributed by atoms with Crippen molar-refractivity contribution in [3.05, 3.63) is 52.5 Å². The fourth-order valence-corrected chi connectivity index (χ4v) is 2.33. The number of aromatic nitrogens is 2. The Morgan fingerprint density at radius 3 is 2.78 bits per heavy atom. The molecule has 0 fully saturated rings. The zero-order chi connectivity index (χ0) is 12.7. The van der Waals surface area contributed by atoms with E-state index in [0.717, 1.165) is 10.9 Å². The number of nitrogens with zero attached hydrogens (tertiary/aromatic N) is 1. The minimum absolute atomic E-state index is 0.353. The topological polar surface area (TPSA) is 28.7 Å². The number of halogens is 3. The van der Waals surface area contributed by atoms with Crippen LogP contribution in [0.25, 0.3) is 22.2 Å². The average molecular weight is 281 g/mol. The second kappa shape index (κ2) is 4.26. The number of hydrogen-bond donors (Lipinski definition) is 1. The van der Waals surface area contributed by atoms with Crippen LogP contribution in [0.15, 0.2) is 36.5 Å². The Balaban J connectivity index is 2.26. The molecule has 0 saturated carbocycles. The predicted molar refractivity (Wildman–Crippen MR) is 71.5 cm³/mol. The van der Waals surface area contributed by atoms with Gasteiger partial charge in [0.05, 0.1) is 28.0 Å². The normalized spacial score (nSPS) is 11.1. The predicted octanol–water partition coefficient (Wildman–Crippen LogP) is 4.68. The van der Waals surface area contributed by atoms with Crippen LogP contribution < -0.4 is 0 Å². The van der Waals surface area contributed by atoms with E-state index in [1.807, 2.05) is 0 Å². The fraction of sp³-hybridized carbons (Fsp3) is 0. The number of pyridine rings is 1. The van der Waals surface area contributed by atoms with E-state index >= 15 is 0 Å². The van der Waals surface area contributed by atoms with Gasteiger partial charge in [-0.15, -0.1) is 0 Å². The van der Waals surface area contributed by atoms with Crippen molar-refractivity contribution in [3.8, 4) is 11.3 Å². The van der Waals surface area contributed by atoms with Crippen molar-refractivity contribution in [2.24, 2.45) is 0 Å². The van der Waals surface area contributed by atoms with Gasteiger partial charge in [0.25, 0.3) is 0 Å². The molecule has 90 valence electrons. The first-order valence-electron chi connectivity index (χ1n) is 5.24. The van der Waals surface area contributed by atoms with E-state index in [9.17, 15) is 4.39 Å². The monoisotopic (exact) mass is 280 g/mol. The van der Waals surface area contributed by atoms with Gasteiger partial charge in [-0.05, 0) is 24.3 Å². The van der Waals surface area contributed by atoms with E-state index in [0.29, 0.717) is 21.4 Å². The van der Waals surface area contributed by atoms with Gasteiger partial charge >= 0.3 is 0 Å². The molecule has 0 aliphatic rings. The Bertz CT molecular complexity index is 717. The highest BCUT2D eigenvalue weighted by Crippen LogP contribution is 2.32. The number of H-pyrrole nitrogens is 1. The molecule has 0 unspecified atom stereocenters. The van der Waals surface area contributed by atoms with Crippen molar-refractivity contribution in [3.63, 3.8) is 0 Å². The molecule has 0 aliphatic carbocycles. The van der Waals surface area contributed by atoms with Crippen molar-refractivity contribution in [2.75, 3.05) is 0 Å². The fourth-order valence-electron chi connectivity index (χ4n) is 1.89. The summed E-state index contributed by atoms with van der Waals surface area (Å²) in [6.07, 6.45) is 1.61. The van der Waals surface area contributed by atoms with Gasteiger partial charge < -0.3 is 4.98 Å². The first-order chi connectivity index (χ1) is 8.65. The van der Waals surface area contributed by atoms with Gasteiger partial charge in [-0.2, -0.15) is 0 Å². The molecule has 3 aromatic rings. The summed E-state index contributed by atoms with van der Waals surface area (Å²) in [4.78, 5) is 7.04. The van der Waals surface area contributed by atoms with Crippen molar-refractivity contribution in [1.29, 1.82) is 0 Å². The quantitative estimate of drug-likeness (QED) is 0.645. The summed E-state index contributed by atoms with van der Waals surface area (Å²) in [5, 5.41) is 1.62. The van der Waals surface area contributed by atoms with Gasteiger partial charge in [0.2, 0.25) is 0 Å². The first-order valence-corrected chi connectivity index (χ1v) is 5.99. The largest absolute Gasteiger partial charge is 0.353 e. The third-order valence-corrected chi connectivity index (χ3v) is 3.23. The van der Waals surface area contributed by atoms with Crippen LogP contribution in [-0.2, 0) is 0 Å². The standard InChI is InChI=1S/C13H7Cl2FN2/c14-8-2-1-3-9(16)13(8)10-4-7-5-12(15)17-6-11(7)18-10/h1-6,18H. The summed E-state index contributed by atoms with van der Waals surface area (Å²) in [6, 6.07) is 8.11. The van der Waals surface area contributed by atoms with E-state index < -0.39 is 0 Å². The zero-order valence-electron chi connectivity index (χ0n) is 9.05. The second-order valence-electron chi connectivity index (χ2n) is 3.87. The number of hydrogen-bond acceptors (Lipinski definition) is 1. The molecule has 2 aromatic heterocycles. The van der Waals surface area contributed by atoms with Gasteiger partial charge in [-0.1, -0.05) is 29.3 Å². The van der Waals surface area contributed by atoms with E-state index in [2.05, 4.69) is 9.97 Å². The highest BCUT2D eigenvalue weighted by Gasteiger charge is 2.12. The molecule has 2 heterocycles. The van der Waals surface area contributed by atoms with Gasteiger partial charge in [-0.3, -0.25) is 0 Å². The molecule has 0 radical (unpaired) electrons. The van der Waals surface area contributed by atoms with Crippen molar-refractivity contribution < 1.29 is 4.39 Å². The van der Waals surface area contributed by atoms with E-state index in [1.54, 1.807) is 30.5 Å². The number of nitrogens with one attached hydrogen (secondary N) is 1. The number of fused-ring (bicyclic) bond motifs is 1. The zero-order valence-corrected chi connectivity index (χ0v) is 10.6. The van der Waals surface area contributed by atoms with Crippen molar-refractivity contribution >= 4 is 34.1 Å². The summed E-state index contributed by atoms with van der Waals surface area (Å²) in [5.41, 5.74) is 1.75. The molecule has 0 aliphatic heterocycles. The van der Waals surface area contributed by atoms with Crippen molar-refractivity contribution in [1.82, 2.24) is 9.97 Å². The molecule has 18 heavy (non-hydrogen) atoms. The minimum atomic E-state index is -0.367. The van der Waals surface area contributed by atoms with Crippen LogP contribution in [0.1, 0.15) is 0 Å². The number of aromatic amines is 1. The Labute approximate surface area is 112 Å². The van der Waals surface area contributed by atoms with E-state index in [4.69, 9.17) is 23.2 Å². The van der Waals surface area contributed by atoms with Gasteiger partial charge in [0, 0.05) is 5.39 Å². The molecular formula is C13H7Cl2FN2. The minimum Gasteiger partial charge on any atom is -0.353 e. The Kier molecular flexibility index (Phi) is 2.73. The highest BCUT2D eigenvalue weighted by atomic mass is 35.5. The third kappa shape index (κ3) is 1.85. The molecule has 3 rings (SSSR count). The lowest BCUT2D eigenvalue weighted by Crippen LogP contribution is -1.85. The molecule has 0 bridgehead atoms. The second-order valence-corrected chi connectivity index (χ2v) is 4.67. The molecule has 0 amide bonds. The third-order valence-electron chi connectivity index (χ3n) is 2.70. The van der Waals surface area contributed by atoms with Gasteiger partial charge in [0.1, 0.15) is 11.0 Å². The highest BCUT2D eigenvalue weighted by molar-refractivity contribution is 6.33. The van der Waals surface area contributed by atoms with Gasteiger partial charge in [0.15, 0.2) is 0 Å². The molecule has 5 heteroatoms. The van der Waals surface area contributed by atoms with Crippen LogP contribution in [0.2, 0.25) is 10.2 Å². The maximum Gasteiger partial charge on any atom is 0.134 e. The lowest BCUT2D eigenvalue weighted by Gasteiger charge is -2.02. The Morgan fingerprint density at radius 1 is 1.17 bits per heavy atom.